The molecule has 2 atom stereocenters. The molecule has 0 aromatic heterocycles. The summed E-state index contributed by atoms with van der Waals surface area (Å²) in [6, 6.07) is 0. The third kappa shape index (κ3) is 13.6. The highest BCUT2D eigenvalue weighted by Gasteiger charge is 2.30. The van der Waals surface area contributed by atoms with Gasteiger partial charge >= 0.3 is 6.09 Å². The lowest BCUT2D eigenvalue weighted by Gasteiger charge is -2.33. The first-order valence-electron chi connectivity index (χ1n) is 14.1. The van der Waals surface area contributed by atoms with Crippen LogP contribution in [0.3, 0.4) is 0 Å². The van der Waals surface area contributed by atoms with Crippen molar-refractivity contribution >= 4 is 24.4 Å². The average Bonchev–Trinajstić information content (AvgIpc) is 2.86. The SMILES string of the molecule is CCCCCCCCCCCCCCNC(=O)C1CC=CCC1COC(=O)N1CCN(C)CC1.Cl. The highest BCUT2D eigenvalue weighted by molar-refractivity contribution is 5.85. The van der Waals surface area contributed by atoms with Crippen LogP contribution in [0, 0.1) is 11.8 Å². The number of likely N-dealkylation sites (N-methyl/N-ethyl adjacent to an activating group) is 1. The summed E-state index contributed by atoms with van der Waals surface area (Å²) in [6.45, 7) is 6.53. The van der Waals surface area contributed by atoms with Crippen LogP contribution in [0.2, 0.25) is 0 Å². The van der Waals surface area contributed by atoms with Crippen LogP contribution in [0.4, 0.5) is 4.79 Å². The number of carbonyl (C=O) groups is 2. The van der Waals surface area contributed by atoms with E-state index in [1.165, 1.54) is 70.6 Å². The highest BCUT2D eigenvalue weighted by Crippen LogP contribution is 2.26. The van der Waals surface area contributed by atoms with E-state index >= 15 is 0 Å². The molecule has 1 aliphatic heterocycles. The number of ether oxygens (including phenoxy) is 1. The van der Waals surface area contributed by atoms with Crippen LogP contribution in [0.5, 0.6) is 0 Å². The van der Waals surface area contributed by atoms with Crippen molar-refractivity contribution in [1.29, 1.82) is 0 Å². The van der Waals surface area contributed by atoms with Crippen LogP contribution in [0.1, 0.15) is 96.8 Å². The summed E-state index contributed by atoms with van der Waals surface area (Å²) in [7, 11) is 2.07. The molecule has 1 N–H and O–H groups in total. The van der Waals surface area contributed by atoms with Crippen molar-refractivity contribution in [2.75, 3.05) is 46.4 Å². The van der Waals surface area contributed by atoms with Crippen LogP contribution in [0.25, 0.3) is 0 Å². The summed E-state index contributed by atoms with van der Waals surface area (Å²) in [6.07, 6.45) is 21.4. The lowest BCUT2D eigenvalue weighted by atomic mass is 9.83. The Labute approximate surface area is 221 Å². The van der Waals surface area contributed by atoms with Gasteiger partial charge in [0.25, 0.3) is 0 Å². The number of rotatable bonds is 16. The normalized spacial score (nSPS) is 20.3. The fraction of sp³-hybridized carbons (Fsp3) is 0.857. The lowest BCUT2D eigenvalue weighted by molar-refractivity contribution is -0.127. The monoisotopic (exact) mass is 513 g/mol. The summed E-state index contributed by atoms with van der Waals surface area (Å²) < 4.78 is 5.61. The second-order valence-electron chi connectivity index (χ2n) is 10.4. The van der Waals surface area contributed by atoms with Gasteiger partial charge in [0.2, 0.25) is 5.91 Å². The zero-order valence-corrected chi connectivity index (χ0v) is 23.3. The number of amides is 2. The van der Waals surface area contributed by atoms with Gasteiger partial charge in [0.15, 0.2) is 0 Å². The molecular weight excluding hydrogens is 462 g/mol. The molecule has 2 rings (SSSR count). The summed E-state index contributed by atoms with van der Waals surface area (Å²) in [5.74, 6) is 0.0964. The van der Waals surface area contributed by atoms with E-state index in [0.717, 1.165) is 38.9 Å². The van der Waals surface area contributed by atoms with Crippen molar-refractivity contribution in [2.45, 2.75) is 96.8 Å². The Morgan fingerprint density at radius 2 is 1.37 bits per heavy atom. The molecule has 0 spiro atoms. The maximum Gasteiger partial charge on any atom is 0.409 e. The van der Waals surface area contributed by atoms with Crippen molar-refractivity contribution < 1.29 is 14.3 Å². The van der Waals surface area contributed by atoms with E-state index in [-0.39, 0.29) is 36.2 Å². The van der Waals surface area contributed by atoms with E-state index in [2.05, 4.69) is 36.3 Å². The molecule has 2 unspecified atom stereocenters. The van der Waals surface area contributed by atoms with Crippen LogP contribution in [-0.2, 0) is 9.53 Å². The number of unbranched alkanes of at least 4 members (excludes halogenated alkanes) is 11. The van der Waals surface area contributed by atoms with Gasteiger partial charge in [0.05, 0.1) is 6.61 Å². The first-order chi connectivity index (χ1) is 16.6. The van der Waals surface area contributed by atoms with Gasteiger partial charge in [-0.15, -0.1) is 12.4 Å². The molecule has 35 heavy (non-hydrogen) atoms. The number of piperazine rings is 1. The molecule has 6 nitrogen and oxygen atoms in total. The molecular formula is C28H52ClN3O3. The van der Waals surface area contributed by atoms with Gasteiger partial charge in [0.1, 0.15) is 0 Å². The van der Waals surface area contributed by atoms with E-state index in [9.17, 15) is 9.59 Å². The number of halogens is 1. The number of hydrogen-bond acceptors (Lipinski definition) is 4. The molecule has 2 amide bonds. The van der Waals surface area contributed by atoms with E-state index < -0.39 is 0 Å². The Bertz CT molecular complexity index is 594. The molecule has 0 aromatic carbocycles. The Balaban J connectivity index is 0.00000612. The van der Waals surface area contributed by atoms with E-state index in [1.54, 1.807) is 4.90 Å². The Morgan fingerprint density at radius 3 is 1.97 bits per heavy atom. The molecule has 7 heteroatoms. The third-order valence-corrected chi connectivity index (χ3v) is 7.41. The zero-order chi connectivity index (χ0) is 24.4. The number of nitrogens with one attached hydrogen (secondary N) is 1. The topological polar surface area (TPSA) is 61.9 Å². The number of carbonyl (C=O) groups excluding carboxylic acids is 2. The quantitative estimate of drug-likeness (QED) is 0.197. The molecule has 0 bridgehead atoms. The summed E-state index contributed by atoms with van der Waals surface area (Å²) in [4.78, 5) is 29.2. The Hall–Kier alpha value is -1.27. The predicted molar refractivity (Wildman–Crippen MR) is 147 cm³/mol. The summed E-state index contributed by atoms with van der Waals surface area (Å²) in [5, 5.41) is 3.14. The number of allylic oxidation sites excluding steroid dienone is 2. The van der Waals surface area contributed by atoms with Crippen LogP contribution in [0.15, 0.2) is 12.2 Å². The summed E-state index contributed by atoms with van der Waals surface area (Å²) in [5.41, 5.74) is 0. The van der Waals surface area contributed by atoms with Crippen molar-refractivity contribution in [3.05, 3.63) is 12.2 Å². The van der Waals surface area contributed by atoms with Gasteiger partial charge < -0.3 is 19.9 Å². The largest absolute Gasteiger partial charge is 0.449 e. The van der Waals surface area contributed by atoms with Crippen LogP contribution in [-0.4, -0.2) is 68.2 Å². The minimum atomic E-state index is -0.238. The maximum atomic E-state index is 12.8. The van der Waals surface area contributed by atoms with E-state index in [4.69, 9.17) is 4.74 Å². The fourth-order valence-electron chi connectivity index (χ4n) is 4.94. The first-order valence-corrected chi connectivity index (χ1v) is 14.1. The molecule has 0 aromatic rings. The van der Waals surface area contributed by atoms with E-state index in [0.29, 0.717) is 19.7 Å². The lowest BCUT2D eigenvalue weighted by Crippen LogP contribution is -2.47. The standard InChI is InChI=1S/C28H51N3O3.ClH/c1-3-4-5-6-7-8-9-10-11-12-13-16-19-29-27(32)26-18-15-14-17-25(26)24-34-28(33)31-22-20-30(2)21-23-31;/h14-15,25-26H,3-13,16-24H2,1-2H3,(H,29,32);1H. The molecule has 0 radical (unpaired) electrons. The molecule has 0 saturated carbocycles. The second kappa shape index (κ2) is 19.9. The molecule has 2 aliphatic rings. The molecule has 1 saturated heterocycles. The highest BCUT2D eigenvalue weighted by atomic mass is 35.5. The van der Waals surface area contributed by atoms with Gasteiger partial charge in [-0.1, -0.05) is 89.7 Å². The molecule has 1 aliphatic carbocycles. The van der Waals surface area contributed by atoms with Gasteiger partial charge in [0, 0.05) is 44.6 Å². The van der Waals surface area contributed by atoms with Crippen LogP contribution >= 0.6 is 12.4 Å². The van der Waals surface area contributed by atoms with Gasteiger partial charge in [-0.25, -0.2) is 4.79 Å². The van der Waals surface area contributed by atoms with Crippen molar-refractivity contribution in [3.8, 4) is 0 Å². The maximum absolute atomic E-state index is 12.8. The summed E-state index contributed by atoms with van der Waals surface area (Å²) >= 11 is 0. The number of nitrogens with zero attached hydrogens (tertiary/aromatic N) is 2. The van der Waals surface area contributed by atoms with Gasteiger partial charge in [-0.2, -0.15) is 0 Å². The van der Waals surface area contributed by atoms with E-state index in [1.807, 2.05) is 0 Å². The zero-order valence-electron chi connectivity index (χ0n) is 22.5. The molecule has 1 fully saturated rings. The van der Waals surface area contributed by atoms with Crippen molar-refractivity contribution in [1.82, 2.24) is 15.1 Å². The second-order valence-corrected chi connectivity index (χ2v) is 10.4. The fourth-order valence-corrected chi connectivity index (χ4v) is 4.94. The Morgan fingerprint density at radius 1 is 0.829 bits per heavy atom. The minimum Gasteiger partial charge on any atom is -0.449 e. The molecule has 204 valence electrons. The average molecular weight is 514 g/mol. The smallest absolute Gasteiger partial charge is 0.409 e. The van der Waals surface area contributed by atoms with Crippen molar-refractivity contribution in [2.24, 2.45) is 11.8 Å². The van der Waals surface area contributed by atoms with Gasteiger partial charge in [-0.3, -0.25) is 4.79 Å². The first kappa shape index (κ1) is 31.8. The molecule has 1 heterocycles. The minimum absolute atomic E-state index is 0. The van der Waals surface area contributed by atoms with Crippen LogP contribution < -0.4 is 5.32 Å². The number of hydrogen-bond donors (Lipinski definition) is 1. The van der Waals surface area contributed by atoms with Gasteiger partial charge in [-0.05, 0) is 26.3 Å². The predicted octanol–water partition coefficient (Wildman–Crippen LogP) is 6.19. The third-order valence-electron chi connectivity index (χ3n) is 7.41. The Kier molecular flexibility index (Phi) is 18.0. The van der Waals surface area contributed by atoms with Crippen molar-refractivity contribution in [3.63, 3.8) is 0 Å².